The third-order valence-corrected chi connectivity index (χ3v) is 6.18. The maximum absolute atomic E-state index is 14.0. The second-order valence-corrected chi connectivity index (χ2v) is 7.93. The van der Waals surface area contributed by atoms with Gasteiger partial charge in [-0.15, -0.1) is 0 Å². The molecule has 28 heavy (non-hydrogen) atoms. The molecule has 3 nitrogen and oxygen atoms in total. The first kappa shape index (κ1) is 19.1. The molecule has 1 atom stereocenters. The molecule has 1 amide bonds. The number of fused-ring (bicyclic) bond motifs is 3. The number of halogens is 2. The van der Waals surface area contributed by atoms with Crippen LogP contribution in [0.4, 0.5) is 8.78 Å². The largest absolute Gasteiger partial charge is 0.348 e. The molecular weight excluding hydrogens is 358 g/mol. The van der Waals surface area contributed by atoms with Crippen LogP contribution in [0.15, 0.2) is 48.5 Å². The van der Waals surface area contributed by atoms with Gasteiger partial charge in [0.1, 0.15) is 0 Å². The molecule has 0 aliphatic carbocycles. The van der Waals surface area contributed by atoms with E-state index in [4.69, 9.17) is 0 Å². The smallest absolute Gasteiger partial charge is 0.273 e. The van der Waals surface area contributed by atoms with E-state index in [1.54, 1.807) is 18.2 Å². The number of carbonyl (C=O) groups is 1. The molecule has 3 heterocycles. The Hall–Kier alpha value is -2.27. The molecule has 0 aromatic heterocycles. The summed E-state index contributed by atoms with van der Waals surface area (Å²) in [7, 11) is 0. The molecule has 3 fully saturated rings. The topological polar surface area (TPSA) is 32.3 Å². The summed E-state index contributed by atoms with van der Waals surface area (Å²) in [6.07, 6.45) is 2.08. The van der Waals surface area contributed by atoms with Crippen molar-refractivity contribution in [3.63, 3.8) is 0 Å². The predicted octanol–water partition coefficient (Wildman–Crippen LogP) is 4.68. The van der Waals surface area contributed by atoms with Gasteiger partial charge in [-0.1, -0.05) is 37.3 Å². The van der Waals surface area contributed by atoms with E-state index in [0.29, 0.717) is 11.5 Å². The van der Waals surface area contributed by atoms with Gasteiger partial charge in [0.2, 0.25) is 0 Å². The van der Waals surface area contributed by atoms with E-state index in [9.17, 15) is 13.6 Å². The molecule has 148 valence electrons. The first-order valence-corrected chi connectivity index (χ1v) is 10.1. The maximum atomic E-state index is 14.0. The summed E-state index contributed by atoms with van der Waals surface area (Å²) in [5, 5.41) is 3.18. The van der Waals surface area contributed by atoms with Gasteiger partial charge < -0.3 is 10.2 Å². The number of carbonyl (C=O) groups excluding carboxylic acids is 1. The fourth-order valence-electron chi connectivity index (χ4n) is 4.32. The number of hydrogen-bond acceptors (Lipinski definition) is 2. The molecule has 3 saturated heterocycles. The van der Waals surface area contributed by atoms with Gasteiger partial charge in [-0.05, 0) is 61.2 Å². The first-order valence-electron chi connectivity index (χ1n) is 10.1. The van der Waals surface area contributed by atoms with Crippen molar-refractivity contribution in [3.8, 4) is 11.1 Å². The van der Waals surface area contributed by atoms with Crippen LogP contribution >= 0.6 is 0 Å². The molecule has 2 bridgehead atoms. The fraction of sp³-hybridized carbons (Fsp3) is 0.435. The van der Waals surface area contributed by atoms with Crippen molar-refractivity contribution >= 4 is 5.91 Å². The molecule has 3 aliphatic heterocycles. The molecule has 5 rings (SSSR count). The Balaban J connectivity index is 1.47. The fourth-order valence-corrected chi connectivity index (χ4v) is 4.32. The van der Waals surface area contributed by atoms with Gasteiger partial charge in [-0.2, -0.15) is 0 Å². The highest BCUT2D eigenvalue weighted by Crippen LogP contribution is 2.34. The number of piperidine rings is 3. The Labute approximate surface area is 164 Å². The van der Waals surface area contributed by atoms with Crippen molar-refractivity contribution in [2.45, 2.75) is 38.2 Å². The lowest BCUT2D eigenvalue weighted by molar-refractivity contribution is -0.00824. The van der Waals surface area contributed by atoms with Crippen molar-refractivity contribution in [1.29, 1.82) is 0 Å². The Bertz CT molecular complexity index is 842. The third kappa shape index (κ3) is 3.81. The number of benzene rings is 2. The van der Waals surface area contributed by atoms with E-state index in [-0.39, 0.29) is 23.9 Å². The van der Waals surface area contributed by atoms with E-state index < -0.39 is 5.92 Å². The summed E-state index contributed by atoms with van der Waals surface area (Å²) in [5.41, 5.74) is 2.19. The van der Waals surface area contributed by atoms with Crippen LogP contribution in [0.5, 0.6) is 0 Å². The number of nitrogens with zero attached hydrogens (tertiary/aromatic N) is 1. The standard InChI is InChI=1S/C23H26F2N2O/c1-2-23(24,25)20-5-3-4-19(14-20)16-6-8-18(9-7-16)22(28)26-21-15-27-12-10-17(21)11-13-27/h3-9,14,17,21H,2,10-13,15H2,1H3,(H,26,28). The molecule has 1 unspecified atom stereocenters. The van der Waals surface area contributed by atoms with Crippen molar-refractivity contribution in [2.24, 2.45) is 5.92 Å². The predicted molar refractivity (Wildman–Crippen MR) is 106 cm³/mol. The van der Waals surface area contributed by atoms with Crippen LogP contribution in [-0.4, -0.2) is 36.5 Å². The van der Waals surface area contributed by atoms with Gasteiger partial charge in [0.25, 0.3) is 11.8 Å². The maximum Gasteiger partial charge on any atom is 0.273 e. The Kier molecular flexibility index (Phi) is 5.19. The highest BCUT2D eigenvalue weighted by atomic mass is 19.3. The number of nitrogens with one attached hydrogen (secondary N) is 1. The van der Waals surface area contributed by atoms with Crippen molar-refractivity contribution in [3.05, 3.63) is 59.7 Å². The van der Waals surface area contributed by atoms with Crippen molar-refractivity contribution < 1.29 is 13.6 Å². The zero-order valence-electron chi connectivity index (χ0n) is 16.1. The average Bonchev–Trinajstić information content (AvgIpc) is 2.75. The molecule has 0 radical (unpaired) electrons. The summed E-state index contributed by atoms with van der Waals surface area (Å²) in [6, 6.07) is 13.9. The SMILES string of the molecule is CCC(F)(F)c1cccc(-c2ccc(C(=O)NC3CN4CCC3CC4)cc2)c1. The van der Waals surface area contributed by atoms with Crippen LogP contribution in [0.2, 0.25) is 0 Å². The number of alkyl halides is 2. The van der Waals surface area contributed by atoms with E-state index in [1.807, 2.05) is 18.2 Å². The van der Waals surface area contributed by atoms with E-state index in [1.165, 1.54) is 19.1 Å². The lowest BCUT2D eigenvalue weighted by Gasteiger charge is -2.44. The summed E-state index contributed by atoms with van der Waals surface area (Å²) >= 11 is 0. The number of hydrogen-bond donors (Lipinski definition) is 1. The minimum atomic E-state index is -2.83. The minimum absolute atomic E-state index is 0.0247. The van der Waals surface area contributed by atoms with Crippen LogP contribution in [-0.2, 0) is 5.92 Å². The normalized spacial score (nSPS) is 24.2. The average molecular weight is 384 g/mol. The van der Waals surface area contributed by atoms with Crippen LogP contribution in [0, 0.1) is 5.92 Å². The Morgan fingerprint density at radius 1 is 1.11 bits per heavy atom. The zero-order chi connectivity index (χ0) is 19.7. The minimum Gasteiger partial charge on any atom is -0.348 e. The van der Waals surface area contributed by atoms with Crippen LogP contribution in [0.3, 0.4) is 0 Å². The monoisotopic (exact) mass is 384 g/mol. The van der Waals surface area contributed by atoms with Crippen molar-refractivity contribution in [1.82, 2.24) is 10.2 Å². The summed E-state index contributed by atoms with van der Waals surface area (Å²) in [5.74, 6) is -2.31. The summed E-state index contributed by atoms with van der Waals surface area (Å²) < 4.78 is 28.0. The summed E-state index contributed by atoms with van der Waals surface area (Å²) in [4.78, 5) is 15.0. The number of rotatable bonds is 5. The van der Waals surface area contributed by atoms with Gasteiger partial charge in [-0.25, -0.2) is 8.78 Å². The van der Waals surface area contributed by atoms with Gasteiger partial charge in [0.05, 0.1) is 0 Å². The number of amides is 1. The zero-order valence-corrected chi connectivity index (χ0v) is 16.1. The molecule has 2 aromatic rings. The molecule has 0 spiro atoms. The lowest BCUT2D eigenvalue weighted by atomic mass is 9.84. The van der Waals surface area contributed by atoms with E-state index in [2.05, 4.69) is 10.2 Å². The van der Waals surface area contributed by atoms with Gasteiger partial charge in [0, 0.05) is 30.1 Å². The third-order valence-electron chi connectivity index (χ3n) is 6.18. The second kappa shape index (κ2) is 7.63. The molecule has 5 heteroatoms. The quantitative estimate of drug-likeness (QED) is 0.812. The van der Waals surface area contributed by atoms with Crippen molar-refractivity contribution in [2.75, 3.05) is 19.6 Å². The highest BCUT2D eigenvalue weighted by molar-refractivity contribution is 5.95. The van der Waals surface area contributed by atoms with E-state index >= 15 is 0 Å². The van der Waals surface area contributed by atoms with Gasteiger partial charge >= 0.3 is 0 Å². The highest BCUT2D eigenvalue weighted by Gasteiger charge is 2.35. The molecular formula is C23H26F2N2O. The van der Waals surface area contributed by atoms with Gasteiger partial charge in [0.15, 0.2) is 0 Å². The Morgan fingerprint density at radius 2 is 1.82 bits per heavy atom. The van der Waals surface area contributed by atoms with Crippen LogP contribution in [0.25, 0.3) is 11.1 Å². The summed E-state index contributed by atoms with van der Waals surface area (Å²) in [6.45, 7) is 4.70. The lowest BCUT2D eigenvalue weighted by Crippen LogP contribution is -2.57. The second-order valence-electron chi connectivity index (χ2n) is 7.93. The molecule has 0 saturated carbocycles. The molecule has 3 aliphatic rings. The van der Waals surface area contributed by atoms with Crippen LogP contribution < -0.4 is 5.32 Å². The molecule has 2 aromatic carbocycles. The van der Waals surface area contributed by atoms with E-state index in [0.717, 1.165) is 43.6 Å². The van der Waals surface area contributed by atoms with Gasteiger partial charge in [-0.3, -0.25) is 4.79 Å². The first-order chi connectivity index (χ1) is 13.5. The Morgan fingerprint density at radius 3 is 2.43 bits per heavy atom. The van der Waals surface area contributed by atoms with Crippen LogP contribution in [0.1, 0.15) is 42.1 Å². The molecule has 1 N–H and O–H groups in total.